The minimum Gasteiger partial charge on any atom is -0.465 e. The number of esters is 1. The summed E-state index contributed by atoms with van der Waals surface area (Å²) >= 11 is 0. The van der Waals surface area contributed by atoms with Gasteiger partial charge in [-0.05, 0) is 57.4 Å². The maximum Gasteiger partial charge on any atom is 0.410 e. The predicted octanol–water partition coefficient (Wildman–Crippen LogP) is 4.93. The van der Waals surface area contributed by atoms with Crippen molar-refractivity contribution in [3.8, 4) is 5.69 Å². The Morgan fingerprint density at radius 3 is 2.53 bits per heavy atom. The summed E-state index contributed by atoms with van der Waals surface area (Å²) in [4.78, 5) is 26.3. The fraction of sp³-hybridized carbons (Fsp3) is 0.400. The van der Waals surface area contributed by atoms with E-state index in [1.54, 1.807) is 10.7 Å². The molecule has 2 heterocycles. The molecule has 0 spiro atoms. The van der Waals surface area contributed by atoms with Gasteiger partial charge in [0.25, 0.3) is 0 Å². The predicted molar refractivity (Wildman–Crippen MR) is 122 cm³/mol. The van der Waals surface area contributed by atoms with E-state index in [1.807, 2.05) is 56.1 Å². The third-order valence-electron chi connectivity index (χ3n) is 5.64. The zero-order chi connectivity index (χ0) is 22.9. The average molecular weight is 436 g/mol. The second-order valence-electron chi connectivity index (χ2n) is 9.17. The molecule has 0 bridgehead atoms. The fourth-order valence-electron chi connectivity index (χ4n) is 4.09. The molecular formula is C25H29N3O4. The number of hydrogen-bond donors (Lipinski definition) is 0. The zero-order valence-electron chi connectivity index (χ0n) is 19.0. The maximum atomic E-state index is 12.5. The van der Waals surface area contributed by atoms with E-state index in [9.17, 15) is 9.59 Å². The molecule has 1 aliphatic rings. The Morgan fingerprint density at radius 2 is 1.84 bits per heavy atom. The van der Waals surface area contributed by atoms with Gasteiger partial charge in [-0.1, -0.05) is 24.3 Å². The molecule has 0 radical (unpaired) electrons. The fourth-order valence-corrected chi connectivity index (χ4v) is 4.09. The number of methoxy groups -OCH3 is 1. The van der Waals surface area contributed by atoms with Gasteiger partial charge in [-0.15, -0.1) is 0 Å². The van der Waals surface area contributed by atoms with Gasteiger partial charge in [0.1, 0.15) is 11.1 Å². The Balaban J connectivity index is 1.52. The summed E-state index contributed by atoms with van der Waals surface area (Å²) < 4.78 is 12.2. The monoisotopic (exact) mass is 435 g/mol. The Bertz CT molecular complexity index is 1130. The van der Waals surface area contributed by atoms with Crippen LogP contribution in [0.25, 0.3) is 16.6 Å². The van der Waals surface area contributed by atoms with Crippen molar-refractivity contribution in [2.75, 3.05) is 20.2 Å². The smallest absolute Gasteiger partial charge is 0.410 e. The van der Waals surface area contributed by atoms with E-state index < -0.39 is 11.6 Å². The summed E-state index contributed by atoms with van der Waals surface area (Å²) in [5.74, 6) is -0.129. The summed E-state index contributed by atoms with van der Waals surface area (Å²) in [7, 11) is 1.37. The molecule has 2 aromatic carbocycles. The largest absolute Gasteiger partial charge is 0.465 e. The third-order valence-corrected chi connectivity index (χ3v) is 5.64. The minimum atomic E-state index is -0.493. The van der Waals surface area contributed by atoms with Gasteiger partial charge >= 0.3 is 12.1 Å². The SMILES string of the molecule is COC(=O)c1cccc2cn(-c3ccc(C4CCCN(C(=O)OC(C)(C)C)C4)cc3)nc12. The molecule has 3 aromatic rings. The van der Waals surface area contributed by atoms with Crippen LogP contribution in [-0.2, 0) is 9.47 Å². The van der Waals surface area contributed by atoms with Gasteiger partial charge in [-0.2, -0.15) is 5.10 Å². The molecule has 1 unspecified atom stereocenters. The lowest BCUT2D eigenvalue weighted by molar-refractivity contribution is 0.0198. The van der Waals surface area contributed by atoms with Crippen molar-refractivity contribution >= 4 is 23.0 Å². The van der Waals surface area contributed by atoms with Crippen LogP contribution in [0.2, 0.25) is 0 Å². The first-order valence-electron chi connectivity index (χ1n) is 10.9. The summed E-state index contributed by atoms with van der Waals surface area (Å²) in [6, 6.07) is 13.7. The second-order valence-corrected chi connectivity index (χ2v) is 9.17. The first kappa shape index (κ1) is 21.9. The van der Waals surface area contributed by atoms with Crippen LogP contribution in [0.3, 0.4) is 0 Å². The number of ether oxygens (including phenoxy) is 2. The van der Waals surface area contributed by atoms with Crippen LogP contribution in [0.1, 0.15) is 55.5 Å². The van der Waals surface area contributed by atoms with Crippen molar-refractivity contribution < 1.29 is 19.1 Å². The number of carbonyl (C=O) groups excluding carboxylic acids is 2. The summed E-state index contributed by atoms with van der Waals surface area (Å²) in [5, 5.41) is 5.48. The van der Waals surface area contributed by atoms with E-state index in [1.165, 1.54) is 12.7 Å². The number of fused-ring (bicyclic) bond motifs is 1. The number of aromatic nitrogens is 2. The van der Waals surface area contributed by atoms with Crippen molar-refractivity contribution in [2.45, 2.75) is 45.1 Å². The quantitative estimate of drug-likeness (QED) is 0.546. The van der Waals surface area contributed by atoms with Gasteiger partial charge in [-0.25, -0.2) is 14.3 Å². The number of likely N-dealkylation sites (tertiary alicyclic amines) is 1. The van der Waals surface area contributed by atoms with Crippen molar-refractivity contribution in [3.05, 3.63) is 59.8 Å². The van der Waals surface area contributed by atoms with Gasteiger partial charge in [0.2, 0.25) is 0 Å². The summed E-state index contributed by atoms with van der Waals surface area (Å²) in [6.45, 7) is 7.04. The van der Waals surface area contributed by atoms with Crippen LogP contribution in [0, 0.1) is 0 Å². The van der Waals surface area contributed by atoms with Gasteiger partial charge in [0.05, 0.1) is 18.4 Å². The standard InChI is InChI=1S/C25H29N3O4/c1-25(2,3)32-24(30)27-14-6-8-18(15-27)17-10-12-20(13-11-17)28-16-19-7-5-9-21(22(19)26-28)23(29)31-4/h5,7,9-13,16,18H,6,8,14-15H2,1-4H3. The molecule has 7 heteroatoms. The highest BCUT2D eigenvalue weighted by atomic mass is 16.6. The van der Waals surface area contributed by atoms with E-state index in [2.05, 4.69) is 17.2 Å². The van der Waals surface area contributed by atoms with Crippen LogP contribution in [0.4, 0.5) is 4.79 Å². The van der Waals surface area contributed by atoms with Crippen LogP contribution >= 0.6 is 0 Å². The van der Waals surface area contributed by atoms with Gasteiger partial charge < -0.3 is 14.4 Å². The first-order chi connectivity index (χ1) is 15.2. The lowest BCUT2D eigenvalue weighted by Crippen LogP contribution is -2.42. The molecule has 32 heavy (non-hydrogen) atoms. The molecule has 0 N–H and O–H groups in total. The van der Waals surface area contributed by atoms with Gasteiger partial charge in [0, 0.05) is 30.6 Å². The molecule has 0 saturated carbocycles. The minimum absolute atomic E-state index is 0.247. The number of nitrogens with zero attached hydrogens (tertiary/aromatic N) is 3. The molecule has 168 valence electrons. The van der Waals surface area contributed by atoms with E-state index in [-0.39, 0.29) is 12.0 Å². The molecule has 1 amide bonds. The van der Waals surface area contributed by atoms with Gasteiger partial charge in [-0.3, -0.25) is 0 Å². The Labute approximate surface area is 187 Å². The lowest BCUT2D eigenvalue weighted by atomic mass is 9.91. The van der Waals surface area contributed by atoms with Crippen molar-refractivity contribution in [1.82, 2.24) is 14.7 Å². The average Bonchev–Trinajstić information content (AvgIpc) is 3.22. The van der Waals surface area contributed by atoms with Gasteiger partial charge in [0.15, 0.2) is 0 Å². The van der Waals surface area contributed by atoms with E-state index >= 15 is 0 Å². The van der Waals surface area contributed by atoms with Crippen LogP contribution in [-0.4, -0.2) is 52.5 Å². The normalized spacial score (nSPS) is 16.8. The van der Waals surface area contributed by atoms with Crippen LogP contribution < -0.4 is 0 Å². The first-order valence-corrected chi connectivity index (χ1v) is 10.9. The third kappa shape index (κ3) is 4.61. The van der Waals surface area contributed by atoms with Crippen molar-refractivity contribution in [2.24, 2.45) is 0 Å². The molecule has 1 aromatic heterocycles. The molecule has 0 aliphatic carbocycles. The molecule has 1 aliphatic heterocycles. The second kappa shape index (κ2) is 8.65. The van der Waals surface area contributed by atoms with Crippen LogP contribution in [0.5, 0.6) is 0 Å². The highest BCUT2D eigenvalue weighted by Crippen LogP contribution is 2.29. The topological polar surface area (TPSA) is 73.7 Å². The van der Waals surface area contributed by atoms with Crippen molar-refractivity contribution in [1.29, 1.82) is 0 Å². The molecule has 1 atom stereocenters. The summed E-state index contributed by atoms with van der Waals surface area (Å²) in [5.41, 5.74) is 2.66. The maximum absolute atomic E-state index is 12.5. The summed E-state index contributed by atoms with van der Waals surface area (Å²) in [6.07, 6.45) is 3.64. The highest BCUT2D eigenvalue weighted by molar-refractivity contribution is 6.02. The number of benzene rings is 2. The number of hydrogen-bond acceptors (Lipinski definition) is 5. The molecule has 1 fully saturated rings. The number of amides is 1. The number of piperidine rings is 1. The lowest BCUT2D eigenvalue weighted by Gasteiger charge is -2.34. The zero-order valence-corrected chi connectivity index (χ0v) is 19.0. The van der Waals surface area contributed by atoms with E-state index in [0.717, 1.165) is 30.5 Å². The number of rotatable bonds is 3. The molecule has 7 nitrogen and oxygen atoms in total. The molecular weight excluding hydrogens is 406 g/mol. The molecule has 1 saturated heterocycles. The Kier molecular flexibility index (Phi) is 5.91. The number of carbonyl (C=O) groups is 2. The Morgan fingerprint density at radius 1 is 1.09 bits per heavy atom. The highest BCUT2D eigenvalue weighted by Gasteiger charge is 2.28. The van der Waals surface area contributed by atoms with Crippen molar-refractivity contribution in [3.63, 3.8) is 0 Å². The van der Waals surface area contributed by atoms with E-state index in [0.29, 0.717) is 17.6 Å². The van der Waals surface area contributed by atoms with E-state index in [4.69, 9.17) is 9.47 Å². The molecule has 4 rings (SSSR count). The van der Waals surface area contributed by atoms with Crippen LogP contribution in [0.15, 0.2) is 48.7 Å². The Hall–Kier alpha value is -3.35.